The minimum atomic E-state index is -1.01. The van der Waals surface area contributed by atoms with Crippen molar-refractivity contribution in [2.75, 3.05) is 18.6 Å². The summed E-state index contributed by atoms with van der Waals surface area (Å²) < 4.78 is 0. The molecule has 0 spiro atoms. The van der Waals surface area contributed by atoms with Crippen LogP contribution in [0.5, 0.6) is 0 Å². The average Bonchev–Trinajstić information content (AvgIpc) is 2.71. The molecule has 0 saturated carbocycles. The SMILES string of the molecule is CN1C(=O)CCN1c1ccc(CC(N)C(=O)O)cc1. The summed E-state index contributed by atoms with van der Waals surface area (Å²) in [7, 11) is 1.74. The molecule has 1 aromatic rings. The smallest absolute Gasteiger partial charge is 0.320 e. The molecule has 0 radical (unpaired) electrons. The fourth-order valence-corrected chi connectivity index (χ4v) is 2.10. The van der Waals surface area contributed by atoms with E-state index in [0.717, 1.165) is 11.3 Å². The van der Waals surface area contributed by atoms with Gasteiger partial charge in [-0.25, -0.2) is 0 Å². The van der Waals surface area contributed by atoms with Gasteiger partial charge < -0.3 is 10.8 Å². The number of benzene rings is 1. The zero-order valence-corrected chi connectivity index (χ0v) is 10.7. The number of anilines is 1. The number of amides is 1. The van der Waals surface area contributed by atoms with E-state index in [1.165, 1.54) is 0 Å². The summed E-state index contributed by atoms with van der Waals surface area (Å²) in [6, 6.07) is 6.54. The van der Waals surface area contributed by atoms with E-state index in [1.54, 1.807) is 12.1 Å². The van der Waals surface area contributed by atoms with Crippen molar-refractivity contribution in [1.82, 2.24) is 5.01 Å². The number of carbonyl (C=O) groups is 2. The Kier molecular flexibility index (Phi) is 3.71. The fourth-order valence-electron chi connectivity index (χ4n) is 2.10. The number of aliphatic carboxylic acids is 1. The predicted octanol–water partition coefficient (Wildman–Crippen LogP) is 0.225. The topological polar surface area (TPSA) is 86.9 Å². The Balaban J connectivity index is 2.06. The number of hydrazine groups is 1. The first-order valence-electron chi connectivity index (χ1n) is 6.10. The van der Waals surface area contributed by atoms with Crippen molar-refractivity contribution in [3.63, 3.8) is 0 Å². The Labute approximate surface area is 111 Å². The molecule has 0 bridgehead atoms. The lowest BCUT2D eigenvalue weighted by Gasteiger charge is -2.26. The normalized spacial score (nSPS) is 16.8. The van der Waals surface area contributed by atoms with Gasteiger partial charge in [0.05, 0.1) is 5.69 Å². The highest BCUT2D eigenvalue weighted by Crippen LogP contribution is 2.21. The summed E-state index contributed by atoms with van der Waals surface area (Å²) in [6.45, 7) is 0.670. The minimum Gasteiger partial charge on any atom is -0.480 e. The number of rotatable bonds is 4. The van der Waals surface area contributed by atoms with Crippen LogP contribution in [0.2, 0.25) is 0 Å². The van der Waals surface area contributed by atoms with Crippen LogP contribution in [0.4, 0.5) is 5.69 Å². The number of carbonyl (C=O) groups excluding carboxylic acids is 1. The second-order valence-corrected chi connectivity index (χ2v) is 4.61. The molecule has 3 N–H and O–H groups in total. The Morgan fingerprint density at radius 1 is 1.42 bits per heavy atom. The molecule has 1 heterocycles. The molecule has 1 aliphatic rings. The summed E-state index contributed by atoms with van der Waals surface area (Å²) in [5.41, 5.74) is 7.27. The zero-order valence-electron chi connectivity index (χ0n) is 10.7. The lowest BCUT2D eigenvalue weighted by Crippen LogP contribution is -2.35. The maximum absolute atomic E-state index is 11.4. The Hall–Kier alpha value is -2.08. The van der Waals surface area contributed by atoms with Crippen molar-refractivity contribution in [3.05, 3.63) is 29.8 Å². The van der Waals surface area contributed by atoms with Gasteiger partial charge in [-0.3, -0.25) is 19.6 Å². The van der Waals surface area contributed by atoms with Crippen LogP contribution in [0.3, 0.4) is 0 Å². The van der Waals surface area contributed by atoms with Crippen molar-refractivity contribution >= 4 is 17.6 Å². The molecule has 1 unspecified atom stereocenters. The van der Waals surface area contributed by atoms with Crippen LogP contribution in [-0.4, -0.2) is 41.6 Å². The van der Waals surface area contributed by atoms with Gasteiger partial charge >= 0.3 is 5.97 Å². The van der Waals surface area contributed by atoms with Crippen LogP contribution < -0.4 is 10.7 Å². The molecule has 6 nitrogen and oxygen atoms in total. The lowest BCUT2D eigenvalue weighted by atomic mass is 10.1. The van der Waals surface area contributed by atoms with Crippen molar-refractivity contribution in [2.24, 2.45) is 5.73 Å². The van der Waals surface area contributed by atoms with Crippen LogP contribution in [0.15, 0.2) is 24.3 Å². The zero-order chi connectivity index (χ0) is 14.0. The van der Waals surface area contributed by atoms with Crippen molar-refractivity contribution < 1.29 is 14.7 Å². The standard InChI is InChI=1S/C13H17N3O3/c1-15-12(17)6-7-16(15)10-4-2-9(3-5-10)8-11(14)13(18)19/h2-5,11H,6-8,14H2,1H3,(H,18,19). The van der Waals surface area contributed by atoms with Gasteiger partial charge in [-0.2, -0.15) is 0 Å². The Morgan fingerprint density at radius 2 is 2.05 bits per heavy atom. The summed E-state index contributed by atoms with van der Waals surface area (Å²) >= 11 is 0. The van der Waals surface area contributed by atoms with Gasteiger partial charge in [-0.1, -0.05) is 12.1 Å². The predicted molar refractivity (Wildman–Crippen MR) is 70.5 cm³/mol. The van der Waals surface area contributed by atoms with E-state index in [9.17, 15) is 9.59 Å². The largest absolute Gasteiger partial charge is 0.480 e. The first-order chi connectivity index (χ1) is 8.99. The highest BCUT2D eigenvalue weighted by Gasteiger charge is 2.25. The third kappa shape index (κ3) is 2.85. The van der Waals surface area contributed by atoms with Crippen LogP contribution in [-0.2, 0) is 16.0 Å². The summed E-state index contributed by atoms with van der Waals surface area (Å²) in [5.74, 6) is -0.911. The van der Waals surface area contributed by atoms with E-state index in [-0.39, 0.29) is 5.91 Å². The number of carboxylic acids is 1. The molecule has 1 amide bonds. The van der Waals surface area contributed by atoms with E-state index in [0.29, 0.717) is 19.4 Å². The molecule has 2 rings (SSSR count). The van der Waals surface area contributed by atoms with Gasteiger partial charge in [0.1, 0.15) is 6.04 Å². The van der Waals surface area contributed by atoms with Crippen LogP contribution in [0.1, 0.15) is 12.0 Å². The van der Waals surface area contributed by atoms with Gasteiger partial charge in [0.25, 0.3) is 0 Å². The average molecular weight is 263 g/mol. The highest BCUT2D eigenvalue weighted by molar-refractivity contribution is 5.81. The second kappa shape index (κ2) is 5.27. The molecule has 1 fully saturated rings. The molecular weight excluding hydrogens is 246 g/mol. The lowest BCUT2D eigenvalue weighted by molar-refractivity contribution is -0.138. The van der Waals surface area contributed by atoms with Crippen molar-refractivity contribution in [1.29, 1.82) is 0 Å². The maximum atomic E-state index is 11.4. The summed E-state index contributed by atoms with van der Waals surface area (Å²) in [5, 5.41) is 12.2. The van der Waals surface area contributed by atoms with Crippen LogP contribution in [0.25, 0.3) is 0 Å². The quantitative estimate of drug-likeness (QED) is 0.811. The molecule has 1 saturated heterocycles. The Morgan fingerprint density at radius 3 is 2.53 bits per heavy atom. The first-order valence-corrected chi connectivity index (χ1v) is 6.10. The number of hydrogen-bond donors (Lipinski definition) is 2. The highest BCUT2D eigenvalue weighted by atomic mass is 16.4. The fraction of sp³-hybridized carbons (Fsp3) is 0.385. The van der Waals surface area contributed by atoms with Gasteiger partial charge in [0, 0.05) is 20.0 Å². The first kappa shape index (κ1) is 13.4. The summed E-state index contributed by atoms with van der Waals surface area (Å²) in [6.07, 6.45) is 0.812. The molecule has 102 valence electrons. The molecule has 1 aliphatic heterocycles. The molecule has 1 atom stereocenters. The number of nitrogens with zero attached hydrogens (tertiary/aromatic N) is 2. The third-order valence-electron chi connectivity index (χ3n) is 3.27. The summed E-state index contributed by atoms with van der Waals surface area (Å²) in [4.78, 5) is 22.1. The molecular formula is C13H17N3O3. The van der Waals surface area contributed by atoms with Gasteiger partial charge in [0.2, 0.25) is 5.91 Å². The maximum Gasteiger partial charge on any atom is 0.320 e. The van der Waals surface area contributed by atoms with Gasteiger partial charge in [-0.15, -0.1) is 0 Å². The van der Waals surface area contributed by atoms with E-state index >= 15 is 0 Å². The second-order valence-electron chi connectivity index (χ2n) is 4.61. The van der Waals surface area contributed by atoms with Crippen molar-refractivity contribution in [3.8, 4) is 0 Å². The van der Waals surface area contributed by atoms with E-state index in [1.807, 2.05) is 29.3 Å². The molecule has 19 heavy (non-hydrogen) atoms. The van der Waals surface area contributed by atoms with Gasteiger partial charge in [-0.05, 0) is 24.1 Å². The van der Waals surface area contributed by atoms with Crippen LogP contribution in [0, 0.1) is 0 Å². The third-order valence-corrected chi connectivity index (χ3v) is 3.27. The van der Waals surface area contributed by atoms with Crippen LogP contribution >= 0.6 is 0 Å². The Bertz CT molecular complexity index is 486. The van der Waals surface area contributed by atoms with E-state index < -0.39 is 12.0 Å². The van der Waals surface area contributed by atoms with E-state index in [4.69, 9.17) is 10.8 Å². The number of nitrogens with two attached hydrogens (primary N) is 1. The molecule has 0 aromatic heterocycles. The number of hydrogen-bond acceptors (Lipinski definition) is 4. The molecule has 1 aromatic carbocycles. The van der Waals surface area contributed by atoms with E-state index in [2.05, 4.69) is 0 Å². The monoisotopic (exact) mass is 263 g/mol. The molecule has 6 heteroatoms. The number of carboxylic acid groups (broad SMARTS) is 1. The van der Waals surface area contributed by atoms with Crippen molar-refractivity contribution in [2.45, 2.75) is 18.9 Å². The van der Waals surface area contributed by atoms with Gasteiger partial charge in [0.15, 0.2) is 0 Å². The minimum absolute atomic E-state index is 0.0944. The molecule has 0 aliphatic carbocycles.